The number of aryl methyl sites for hydroxylation is 1. The van der Waals surface area contributed by atoms with E-state index in [9.17, 15) is 10.1 Å². The minimum atomic E-state index is -0.456. The van der Waals surface area contributed by atoms with Gasteiger partial charge >= 0.3 is 0 Å². The second-order valence-electron chi connectivity index (χ2n) is 8.27. The zero-order valence-electron chi connectivity index (χ0n) is 17.7. The number of nitrogens with zero attached hydrogens (tertiary/aromatic N) is 3. The number of piperazine rings is 1. The Balaban J connectivity index is 1.55. The number of benzene rings is 1. The van der Waals surface area contributed by atoms with Crippen molar-refractivity contribution in [2.75, 3.05) is 32.7 Å². The third kappa shape index (κ3) is 4.54. The van der Waals surface area contributed by atoms with Gasteiger partial charge in [0.05, 0.1) is 17.7 Å². The molecule has 1 atom stereocenters. The number of hydrogen-bond acceptors (Lipinski definition) is 4. The third-order valence-corrected chi connectivity index (χ3v) is 6.25. The van der Waals surface area contributed by atoms with E-state index in [1.165, 1.54) is 11.8 Å². The Hall–Kier alpha value is -2.58. The standard InChI is InChI=1S/C24H31N3O2/c1-19(2)24(18-25,21-9-5-4-8-20(21)3)11-7-12-26-13-15-27(16-14-26)23(28)22-10-6-17-29-22/h4-6,8-10,17,19H,7,11-16H2,1-3H3. The summed E-state index contributed by atoms with van der Waals surface area (Å²) in [6.07, 6.45) is 3.35. The molecule has 0 saturated carbocycles. The van der Waals surface area contributed by atoms with E-state index >= 15 is 0 Å². The van der Waals surface area contributed by atoms with Crippen LogP contribution in [0.25, 0.3) is 0 Å². The maximum Gasteiger partial charge on any atom is 0.289 e. The van der Waals surface area contributed by atoms with Gasteiger partial charge in [0, 0.05) is 26.2 Å². The van der Waals surface area contributed by atoms with Gasteiger partial charge in [-0.15, -0.1) is 0 Å². The molecular formula is C24H31N3O2. The summed E-state index contributed by atoms with van der Waals surface area (Å²) in [7, 11) is 0. The van der Waals surface area contributed by atoms with Gasteiger partial charge in [0.1, 0.15) is 0 Å². The highest BCUT2D eigenvalue weighted by molar-refractivity contribution is 5.91. The summed E-state index contributed by atoms with van der Waals surface area (Å²) in [5, 5.41) is 10.1. The lowest BCUT2D eigenvalue weighted by Crippen LogP contribution is -2.49. The van der Waals surface area contributed by atoms with Crippen LogP contribution < -0.4 is 0 Å². The molecule has 0 aliphatic carbocycles. The first kappa shape index (κ1) is 21.1. The predicted octanol–water partition coefficient (Wildman–Crippen LogP) is 4.24. The van der Waals surface area contributed by atoms with Crippen LogP contribution in [0, 0.1) is 24.2 Å². The van der Waals surface area contributed by atoms with Crippen LogP contribution in [0.15, 0.2) is 47.1 Å². The monoisotopic (exact) mass is 393 g/mol. The van der Waals surface area contributed by atoms with Crippen LogP contribution in [0.4, 0.5) is 0 Å². The van der Waals surface area contributed by atoms with Gasteiger partial charge in [-0.25, -0.2) is 0 Å². The van der Waals surface area contributed by atoms with Gasteiger partial charge in [-0.2, -0.15) is 5.26 Å². The molecule has 3 rings (SSSR count). The van der Waals surface area contributed by atoms with Crippen molar-refractivity contribution in [1.29, 1.82) is 5.26 Å². The largest absolute Gasteiger partial charge is 0.459 e. The van der Waals surface area contributed by atoms with Gasteiger partial charge in [0.2, 0.25) is 0 Å². The van der Waals surface area contributed by atoms with E-state index in [1.807, 2.05) is 17.0 Å². The molecule has 1 saturated heterocycles. The van der Waals surface area contributed by atoms with Crippen LogP contribution >= 0.6 is 0 Å². The normalized spacial score (nSPS) is 17.1. The van der Waals surface area contributed by atoms with Gasteiger partial charge in [-0.3, -0.25) is 9.69 Å². The van der Waals surface area contributed by atoms with E-state index in [0.717, 1.165) is 38.0 Å². The van der Waals surface area contributed by atoms with E-state index in [-0.39, 0.29) is 11.8 Å². The summed E-state index contributed by atoms with van der Waals surface area (Å²) in [6, 6.07) is 14.4. The molecule has 29 heavy (non-hydrogen) atoms. The molecule has 0 spiro atoms. The molecule has 154 valence electrons. The third-order valence-electron chi connectivity index (χ3n) is 6.25. The number of carbonyl (C=O) groups excluding carboxylic acids is 1. The van der Waals surface area contributed by atoms with Gasteiger partial charge in [-0.1, -0.05) is 38.1 Å². The number of carbonyl (C=O) groups is 1. The van der Waals surface area contributed by atoms with Crippen molar-refractivity contribution < 1.29 is 9.21 Å². The summed E-state index contributed by atoms with van der Waals surface area (Å²) in [6.45, 7) is 10.5. The molecule has 5 heteroatoms. The molecule has 2 heterocycles. The fraction of sp³-hybridized carbons (Fsp3) is 0.500. The first-order valence-corrected chi connectivity index (χ1v) is 10.5. The molecule has 1 fully saturated rings. The van der Waals surface area contributed by atoms with E-state index in [0.29, 0.717) is 18.8 Å². The summed E-state index contributed by atoms with van der Waals surface area (Å²) < 4.78 is 5.23. The van der Waals surface area contributed by atoms with Crippen molar-refractivity contribution in [2.45, 2.75) is 39.0 Å². The van der Waals surface area contributed by atoms with Crippen LogP contribution in [0.5, 0.6) is 0 Å². The number of furan rings is 1. The number of rotatable bonds is 7. The number of amides is 1. The average molecular weight is 394 g/mol. The first-order valence-electron chi connectivity index (χ1n) is 10.5. The van der Waals surface area contributed by atoms with Gasteiger partial charge in [0.15, 0.2) is 5.76 Å². The summed E-state index contributed by atoms with van der Waals surface area (Å²) >= 11 is 0. The van der Waals surface area contributed by atoms with Crippen molar-refractivity contribution in [3.05, 3.63) is 59.5 Å². The van der Waals surface area contributed by atoms with E-state index in [2.05, 4.69) is 43.9 Å². The molecule has 2 aromatic rings. The van der Waals surface area contributed by atoms with Gasteiger partial charge < -0.3 is 9.32 Å². The molecule has 1 aromatic carbocycles. The number of nitriles is 1. The van der Waals surface area contributed by atoms with Crippen molar-refractivity contribution in [3.63, 3.8) is 0 Å². The smallest absolute Gasteiger partial charge is 0.289 e. The lowest BCUT2D eigenvalue weighted by atomic mass is 9.68. The molecule has 1 unspecified atom stereocenters. The maximum atomic E-state index is 12.4. The van der Waals surface area contributed by atoms with Crippen LogP contribution in [0.2, 0.25) is 0 Å². The SMILES string of the molecule is Cc1ccccc1C(C#N)(CCCN1CCN(C(=O)c2ccco2)CC1)C(C)C. The molecule has 1 aromatic heterocycles. The molecule has 0 radical (unpaired) electrons. The predicted molar refractivity (Wildman–Crippen MR) is 114 cm³/mol. The minimum Gasteiger partial charge on any atom is -0.459 e. The van der Waals surface area contributed by atoms with Crippen molar-refractivity contribution in [2.24, 2.45) is 5.92 Å². The summed E-state index contributed by atoms with van der Waals surface area (Å²) in [5.41, 5.74) is 1.89. The van der Waals surface area contributed by atoms with Crippen LogP contribution in [0.1, 0.15) is 48.4 Å². The molecule has 1 aliphatic rings. The Morgan fingerprint density at radius 2 is 1.90 bits per heavy atom. The fourth-order valence-electron chi connectivity index (χ4n) is 4.37. The molecule has 1 amide bonds. The van der Waals surface area contributed by atoms with Crippen molar-refractivity contribution in [1.82, 2.24) is 9.80 Å². The fourth-order valence-corrected chi connectivity index (χ4v) is 4.37. The van der Waals surface area contributed by atoms with Crippen LogP contribution in [-0.4, -0.2) is 48.4 Å². The van der Waals surface area contributed by atoms with Crippen molar-refractivity contribution >= 4 is 5.91 Å². The Kier molecular flexibility index (Phi) is 6.76. The van der Waals surface area contributed by atoms with Gasteiger partial charge in [-0.05, 0) is 55.5 Å². The van der Waals surface area contributed by atoms with Gasteiger partial charge in [0.25, 0.3) is 5.91 Å². The zero-order valence-corrected chi connectivity index (χ0v) is 17.7. The topological polar surface area (TPSA) is 60.5 Å². The molecule has 1 aliphatic heterocycles. The molecular weight excluding hydrogens is 362 g/mol. The maximum absolute atomic E-state index is 12.4. The highest BCUT2D eigenvalue weighted by atomic mass is 16.3. The lowest BCUT2D eigenvalue weighted by molar-refractivity contribution is 0.0602. The second kappa shape index (κ2) is 9.28. The minimum absolute atomic E-state index is 0.0301. The zero-order chi connectivity index (χ0) is 20.9. The molecule has 0 N–H and O–H groups in total. The number of hydrogen-bond donors (Lipinski definition) is 0. The van der Waals surface area contributed by atoms with E-state index in [1.54, 1.807) is 12.1 Å². The average Bonchev–Trinajstić information content (AvgIpc) is 3.27. The summed E-state index contributed by atoms with van der Waals surface area (Å²) in [4.78, 5) is 16.6. The Labute approximate surface area is 173 Å². The van der Waals surface area contributed by atoms with Crippen LogP contribution in [-0.2, 0) is 5.41 Å². The van der Waals surface area contributed by atoms with E-state index < -0.39 is 5.41 Å². The highest BCUT2D eigenvalue weighted by Gasteiger charge is 2.36. The Morgan fingerprint density at radius 3 is 2.48 bits per heavy atom. The van der Waals surface area contributed by atoms with Crippen molar-refractivity contribution in [3.8, 4) is 6.07 Å². The summed E-state index contributed by atoms with van der Waals surface area (Å²) in [5.74, 6) is 0.626. The second-order valence-corrected chi connectivity index (χ2v) is 8.27. The Morgan fingerprint density at radius 1 is 1.17 bits per heavy atom. The van der Waals surface area contributed by atoms with Crippen LogP contribution in [0.3, 0.4) is 0 Å². The lowest BCUT2D eigenvalue weighted by Gasteiger charge is -2.36. The Bertz CT molecular complexity index is 845. The van der Waals surface area contributed by atoms with E-state index in [4.69, 9.17) is 4.42 Å². The molecule has 0 bridgehead atoms. The molecule has 5 nitrogen and oxygen atoms in total. The first-order chi connectivity index (χ1) is 14.0. The highest BCUT2D eigenvalue weighted by Crippen LogP contribution is 2.38. The quantitative estimate of drug-likeness (QED) is 0.706.